The molecule has 2 aliphatic rings. The predicted octanol–water partition coefficient (Wildman–Crippen LogP) is 6.96. The summed E-state index contributed by atoms with van der Waals surface area (Å²) in [6.07, 6.45) is 2.56. The smallest absolute Gasteiger partial charge is 0.175 e. The lowest BCUT2D eigenvalue weighted by atomic mass is 9.86. The molecule has 0 aromatic heterocycles. The quantitative estimate of drug-likeness (QED) is 0.291. The molecule has 5 rings (SSSR count). The standard InChI is InChI=1S/C32H28FN3O2/c1-19(2)21-10-12-25-27(14-21)32(26-7-5-6-8-28(26)33)35-17-23-16-34-30(13-20(3)31(23)25)36-24-11-9-22(18-37)29(15-24)38-4/h5-12,14-16,18-19,36H,17H2,1-4H3. The van der Waals surface area contributed by atoms with Crippen LogP contribution in [0.15, 0.2) is 93.3 Å². The number of nitrogens with one attached hydrogen (secondary N) is 1. The molecular formula is C32H28FN3O2. The predicted molar refractivity (Wildman–Crippen MR) is 151 cm³/mol. The first-order valence-corrected chi connectivity index (χ1v) is 12.5. The molecule has 0 fully saturated rings. The van der Waals surface area contributed by atoms with Crippen molar-refractivity contribution in [1.82, 2.24) is 0 Å². The number of aldehydes is 1. The Morgan fingerprint density at radius 3 is 2.61 bits per heavy atom. The molecule has 5 nitrogen and oxygen atoms in total. The summed E-state index contributed by atoms with van der Waals surface area (Å²) in [4.78, 5) is 20.8. The summed E-state index contributed by atoms with van der Waals surface area (Å²) in [6.45, 7) is 6.63. The van der Waals surface area contributed by atoms with E-state index in [4.69, 9.17) is 9.73 Å². The van der Waals surface area contributed by atoms with Crippen molar-refractivity contribution in [1.29, 1.82) is 0 Å². The first-order valence-electron chi connectivity index (χ1n) is 12.5. The normalized spacial score (nSPS) is 14.5. The third-order valence-electron chi connectivity index (χ3n) is 6.75. The Bertz CT molecular complexity index is 1600. The number of carbonyl (C=O) groups excluding carboxylic acids is 1. The highest BCUT2D eigenvalue weighted by atomic mass is 19.1. The van der Waals surface area contributed by atoms with Crippen LogP contribution in [0.4, 0.5) is 10.1 Å². The maximum absolute atomic E-state index is 15.0. The Labute approximate surface area is 221 Å². The van der Waals surface area contributed by atoms with Gasteiger partial charge in [-0.2, -0.15) is 0 Å². The third-order valence-corrected chi connectivity index (χ3v) is 6.75. The fourth-order valence-corrected chi connectivity index (χ4v) is 4.77. The van der Waals surface area contributed by atoms with Gasteiger partial charge in [-0.1, -0.05) is 43.8 Å². The van der Waals surface area contributed by atoms with Crippen LogP contribution in [0.1, 0.15) is 59.3 Å². The second-order valence-corrected chi connectivity index (χ2v) is 9.56. The highest BCUT2D eigenvalue weighted by Crippen LogP contribution is 2.36. The molecule has 190 valence electrons. The zero-order valence-corrected chi connectivity index (χ0v) is 21.8. The van der Waals surface area contributed by atoms with E-state index >= 15 is 0 Å². The molecule has 0 saturated carbocycles. The Hall–Kier alpha value is -4.54. The van der Waals surface area contributed by atoms with Gasteiger partial charge in [0.05, 0.1) is 24.9 Å². The van der Waals surface area contributed by atoms with Crippen molar-refractivity contribution in [3.8, 4) is 5.75 Å². The van der Waals surface area contributed by atoms with Crippen LogP contribution in [-0.2, 0) is 0 Å². The molecule has 0 radical (unpaired) electrons. The van der Waals surface area contributed by atoms with Gasteiger partial charge >= 0.3 is 0 Å². The second-order valence-electron chi connectivity index (χ2n) is 9.56. The van der Waals surface area contributed by atoms with E-state index in [0.29, 0.717) is 40.9 Å². The molecule has 0 bridgehead atoms. The molecule has 2 heterocycles. The van der Waals surface area contributed by atoms with Crippen molar-refractivity contribution in [2.24, 2.45) is 9.98 Å². The zero-order chi connectivity index (χ0) is 26.8. The molecule has 0 spiro atoms. The summed E-state index contributed by atoms with van der Waals surface area (Å²) in [5.41, 5.74) is 11.5. The summed E-state index contributed by atoms with van der Waals surface area (Å²) >= 11 is 0. The number of benzene rings is 3. The van der Waals surface area contributed by atoms with Gasteiger partial charge in [-0.25, -0.2) is 9.38 Å². The van der Waals surface area contributed by atoms with Gasteiger partial charge in [-0.3, -0.25) is 9.79 Å². The van der Waals surface area contributed by atoms with Crippen LogP contribution in [0, 0.1) is 5.82 Å². The lowest BCUT2D eigenvalue weighted by molar-refractivity contribution is 0.112. The molecule has 0 amide bonds. The van der Waals surface area contributed by atoms with Crippen LogP contribution in [0.3, 0.4) is 0 Å². The minimum atomic E-state index is -0.299. The zero-order valence-electron chi connectivity index (χ0n) is 21.8. The summed E-state index contributed by atoms with van der Waals surface area (Å²) < 4.78 is 20.3. The minimum absolute atomic E-state index is 0.299. The molecule has 6 heteroatoms. The number of hydrogen-bond donors (Lipinski definition) is 1. The monoisotopic (exact) mass is 505 g/mol. The van der Waals surface area contributed by atoms with Crippen LogP contribution in [0.5, 0.6) is 5.75 Å². The van der Waals surface area contributed by atoms with Crippen LogP contribution in [0.25, 0.3) is 5.57 Å². The van der Waals surface area contributed by atoms with Gasteiger partial charge in [0.15, 0.2) is 12.1 Å². The Morgan fingerprint density at radius 2 is 1.87 bits per heavy atom. The van der Waals surface area contributed by atoms with Crippen molar-refractivity contribution < 1.29 is 13.9 Å². The Balaban J connectivity index is 1.62. The van der Waals surface area contributed by atoms with Gasteiger partial charge in [0.2, 0.25) is 0 Å². The number of nitrogens with zero attached hydrogens (tertiary/aromatic N) is 2. The van der Waals surface area contributed by atoms with Gasteiger partial charge in [-0.05, 0) is 59.9 Å². The summed E-state index contributed by atoms with van der Waals surface area (Å²) in [6, 6.07) is 18.4. The lowest BCUT2D eigenvalue weighted by Gasteiger charge is -2.17. The topological polar surface area (TPSA) is 63.0 Å². The number of carbonyl (C=O) groups is 1. The first kappa shape index (κ1) is 25.1. The van der Waals surface area contributed by atoms with E-state index in [0.717, 1.165) is 45.4 Å². The van der Waals surface area contributed by atoms with E-state index in [2.05, 4.69) is 48.1 Å². The van der Waals surface area contributed by atoms with Gasteiger partial charge < -0.3 is 10.1 Å². The molecule has 38 heavy (non-hydrogen) atoms. The van der Waals surface area contributed by atoms with Gasteiger partial charge in [-0.15, -0.1) is 0 Å². The number of ether oxygens (including phenoxy) is 1. The van der Waals surface area contributed by atoms with Crippen LogP contribution in [-0.4, -0.2) is 31.9 Å². The van der Waals surface area contributed by atoms with E-state index in [1.165, 1.54) is 13.2 Å². The molecule has 1 N–H and O–H groups in total. The van der Waals surface area contributed by atoms with Crippen LogP contribution in [0.2, 0.25) is 0 Å². The molecule has 0 aliphatic carbocycles. The number of methoxy groups -OCH3 is 1. The number of halogens is 1. The molecule has 0 atom stereocenters. The maximum atomic E-state index is 15.0. The minimum Gasteiger partial charge on any atom is -0.496 e. The third kappa shape index (κ3) is 4.74. The number of aliphatic imine (C=N–C) groups is 2. The Kier molecular flexibility index (Phi) is 6.91. The van der Waals surface area contributed by atoms with Crippen molar-refractivity contribution >= 4 is 29.5 Å². The van der Waals surface area contributed by atoms with Crippen molar-refractivity contribution in [3.05, 3.63) is 117 Å². The van der Waals surface area contributed by atoms with Crippen LogP contribution >= 0.6 is 0 Å². The number of allylic oxidation sites excluding steroid dienone is 2. The van der Waals surface area contributed by atoms with Crippen molar-refractivity contribution in [2.45, 2.75) is 26.7 Å². The van der Waals surface area contributed by atoms with Gasteiger partial charge in [0.1, 0.15) is 11.6 Å². The lowest BCUT2D eigenvalue weighted by Crippen LogP contribution is -2.09. The Morgan fingerprint density at radius 1 is 1.05 bits per heavy atom. The van der Waals surface area contributed by atoms with Crippen molar-refractivity contribution in [2.75, 3.05) is 19.0 Å². The SMILES string of the molecule is COc1cc(NC2=C=C(C)C3=C(C=N2)CN=C(c2ccccc2F)c2cc(C(C)C)ccc23)ccc1C=O. The summed E-state index contributed by atoms with van der Waals surface area (Å²) in [5.74, 6) is 1.01. The van der Waals surface area contributed by atoms with E-state index in [-0.39, 0.29) is 5.82 Å². The van der Waals surface area contributed by atoms with E-state index in [9.17, 15) is 9.18 Å². The van der Waals surface area contributed by atoms with E-state index < -0.39 is 0 Å². The average Bonchev–Trinajstić information content (AvgIpc) is 3.17. The second kappa shape index (κ2) is 10.4. The number of anilines is 1. The maximum Gasteiger partial charge on any atom is 0.175 e. The molecule has 0 saturated heterocycles. The summed E-state index contributed by atoms with van der Waals surface area (Å²) in [7, 11) is 1.53. The number of fused-ring (bicyclic) bond motifs is 2. The van der Waals surface area contributed by atoms with Gasteiger partial charge in [0.25, 0.3) is 0 Å². The largest absolute Gasteiger partial charge is 0.496 e. The summed E-state index contributed by atoms with van der Waals surface area (Å²) in [5, 5.41) is 3.27. The molecule has 3 aromatic carbocycles. The van der Waals surface area contributed by atoms with E-state index in [1.54, 1.807) is 36.5 Å². The number of rotatable bonds is 6. The fourth-order valence-electron chi connectivity index (χ4n) is 4.77. The fraction of sp³-hybridized carbons (Fsp3) is 0.188. The van der Waals surface area contributed by atoms with Crippen LogP contribution < -0.4 is 10.1 Å². The molecule has 2 aliphatic heterocycles. The highest BCUT2D eigenvalue weighted by Gasteiger charge is 2.24. The van der Waals surface area contributed by atoms with Crippen molar-refractivity contribution in [3.63, 3.8) is 0 Å². The molecule has 3 aromatic rings. The molecular weight excluding hydrogens is 477 g/mol. The van der Waals surface area contributed by atoms with E-state index in [1.807, 2.05) is 13.0 Å². The molecule has 0 unspecified atom stereocenters. The number of hydrogen-bond acceptors (Lipinski definition) is 5. The van der Waals surface area contributed by atoms with Gasteiger partial charge in [0, 0.05) is 40.2 Å². The first-order chi connectivity index (χ1) is 18.4. The average molecular weight is 506 g/mol. The highest BCUT2D eigenvalue weighted by molar-refractivity contribution is 6.18.